The first-order valence-electron chi connectivity index (χ1n) is 7.13. The SMILES string of the molecule is C=C(C)/C=C(\C=C(\C)OC)S(=O)(=O)c1cc(C)c(OC)c(C)c1. The van der Waals surface area contributed by atoms with Gasteiger partial charge in [-0.05, 0) is 63.1 Å². The molecule has 0 aliphatic heterocycles. The van der Waals surface area contributed by atoms with Crippen molar-refractivity contribution >= 4 is 9.84 Å². The van der Waals surface area contributed by atoms with Gasteiger partial charge >= 0.3 is 0 Å². The van der Waals surface area contributed by atoms with E-state index in [1.807, 2.05) is 13.8 Å². The van der Waals surface area contributed by atoms with E-state index in [-0.39, 0.29) is 9.80 Å². The van der Waals surface area contributed by atoms with E-state index in [1.54, 1.807) is 33.1 Å². The first kappa shape index (κ1) is 19.0. The summed E-state index contributed by atoms with van der Waals surface area (Å²) in [5, 5.41) is 0. The van der Waals surface area contributed by atoms with Gasteiger partial charge in [0, 0.05) is 0 Å². The largest absolute Gasteiger partial charge is 0.501 e. The van der Waals surface area contributed by atoms with Crippen LogP contribution in [0, 0.1) is 13.8 Å². The average molecular weight is 336 g/mol. The van der Waals surface area contributed by atoms with Crippen molar-refractivity contribution in [2.24, 2.45) is 0 Å². The second kappa shape index (κ2) is 7.51. The van der Waals surface area contributed by atoms with Gasteiger partial charge < -0.3 is 9.47 Å². The molecule has 0 bridgehead atoms. The predicted molar refractivity (Wildman–Crippen MR) is 93.3 cm³/mol. The van der Waals surface area contributed by atoms with Crippen molar-refractivity contribution < 1.29 is 17.9 Å². The maximum Gasteiger partial charge on any atom is 0.206 e. The lowest BCUT2D eigenvalue weighted by atomic mass is 10.1. The second-order valence-corrected chi connectivity index (χ2v) is 7.40. The van der Waals surface area contributed by atoms with Gasteiger partial charge in [-0.25, -0.2) is 8.42 Å². The number of methoxy groups -OCH3 is 2. The van der Waals surface area contributed by atoms with Crippen LogP contribution in [0.1, 0.15) is 25.0 Å². The maximum absolute atomic E-state index is 13.0. The highest BCUT2D eigenvalue weighted by atomic mass is 32.2. The number of rotatable bonds is 6. The molecule has 0 aliphatic carbocycles. The summed E-state index contributed by atoms with van der Waals surface area (Å²) in [7, 11) is -0.614. The Morgan fingerprint density at radius 2 is 1.61 bits per heavy atom. The summed E-state index contributed by atoms with van der Waals surface area (Å²) in [6.45, 7) is 10.9. The van der Waals surface area contributed by atoms with Crippen molar-refractivity contribution in [1.29, 1.82) is 0 Å². The molecule has 1 rings (SSSR count). The quantitative estimate of drug-likeness (QED) is 0.580. The van der Waals surface area contributed by atoms with E-state index in [0.29, 0.717) is 17.1 Å². The number of sulfone groups is 1. The fraction of sp³-hybridized carbons (Fsp3) is 0.333. The topological polar surface area (TPSA) is 52.6 Å². The summed E-state index contributed by atoms with van der Waals surface area (Å²) in [6.07, 6.45) is 3.03. The number of benzene rings is 1. The lowest BCUT2D eigenvalue weighted by Gasteiger charge is -2.13. The monoisotopic (exact) mass is 336 g/mol. The Balaban J connectivity index is 3.57. The van der Waals surface area contributed by atoms with Crippen molar-refractivity contribution in [2.75, 3.05) is 14.2 Å². The fourth-order valence-corrected chi connectivity index (χ4v) is 3.84. The number of allylic oxidation sites excluding steroid dienone is 4. The first-order chi connectivity index (χ1) is 10.6. The molecular formula is C18H24O4S. The van der Waals surface area contributed by atoms with Gasteiger partial charge in [0.05, 0.1) is 29.8 Å². The van der Waals surface area contributed by atoms with Gasteiger partial charge in [-0.2, -0.15) is 0 Å². The molecule has 4 nitrogen and oxygen atoms in total. The number of aryl methyl sites for hydroxylation is 2. The summed E-state index contributed by atoms with van der Waals surface area (Å²) >= 11 is 0. The second-order valence-electron chi connectivity index (χ2n) is 5.45. The summed E-state index contributed by atoms with van der Waals surface area (Å²) < 4.78 is 36.3. The molecular weight excluding hydrogens is 312 g/mol. The normalized spacial score (nSPS) is 13.0. The van der Waals surface area contributed by atoms with Gasteiger partial charge in [0.2, 0.25) is 9.84 Å². The maximum atomic E-state index is 13.0. The molecule has 0 heterocycles. The van der Waals surface area contributed by atoms with Crippen LogP contribution < -0.4 is 4.74 Å². The van der Waals surface area contributed by atoms with Gasteiger partial charge in [-0.15, -0.1) is 0 Å². The third-order valence-electron chi connectivity index (χ3n) is 3.31. The van der Waals surface area contributed by atoms with Gasteiger partial charge in [0.25, 0.3) is 0 Å². The smallest absolute Gasteiger partial charge is 0.206 e. The van der Waals surface area contributed by atoms with Crippen LogP contribution in [0.25, 0.3) is 0 Å². The van der Waals surface area contributed by atoms with Crippen molar-refractivity contribution in [3.05, 3.63) is 58.2 Å². The van der Waals surface area contributed by atoms with E-state index < -0.39 is 9.84 Å². The van der Waals surface area contributed by atoms with Gasteiger partial charge in [0.1, 0.15) is 5.75 Å². The Hall–Kier alpha value is -2.01. The molecule has 0 atom stereocenters. The van der Waals surface area contributed by atoms with Crippen LogP contribution in [-0.4, -0.2) is 22.6 Å². The molecule has 0 amide bonds. The van der Waals surface area contributed by atoms with E-state index in [4.69, 9.17) is 9.47 Å². The van der Waals surface area contributed by atoms with Crippen LogP contribution in [0.3, 0.4) is 0 Å². The summed E-state index contributed by atoms with van der Waals surface area (Å²) in [6, 6.07) is 3.23. The average Bonchev–Trinajstić information content (AvgIpc) is 2.45. The van der Waals surface area contributed by atoms with Crippen LogP contribution in [0.4, 0.5) is 0 Å². The van der Waals surface area contributed by atoms with E-state index in [2.05, 4.69) is 6.58 Å². The Kier molecular flexibility index (Phi) is 6.21. The highest BCUT2D eigenvalue weighted by Gasteiger charge is 2.21. The molecule has 0 aliphatic rings. The number of hydrogen-bond acceptors (Lipinski definition) is 4. The van der Waals surface area contributed by atoms with Crippen LogP contribution >= 0.6 is 0 Å². The molecule has 0 fully saturated rings. The third kappa shape index (κ3) is 4.48. The molecule has 0 unspecified atom stereocenters. The molecule has 1 aromatic carbocycles. The lowest BCUT2D eigenvalue weighted by Crippen LogP contribution is -2.06. The Bertz CT molecular complexity index is 745. The van der Waals surface area contributed by atoms with E-state index in [9.17, 15) is 8.42 Å². The highest BCUT2D eigenvalue weighted by molar-refractivity contribution is 7.95. The van der Waals surface area contributed by atoms with Crippen molar-refractivity contribution in [2.45, 2.75) is 32.6 Å². The molecule has 0 N–H and O–H groups in total. The zero-order valence-electron chi connectivity index (χ0n) is 14.6. The van der Waals surface area contributed by atoms with E-state index in [0.717, 1.165) is 11.1 Å². The Labute approximate surface area is 139 Å². The summed E-state index contributed by atoms with van der Waals surface area (Å²) in [4.78, 5) is 0.370. The zero-order chi connectivity index (χ0) is 17.8. The minimum absolute atomic E-state index is 0.147. The molecule has 1 aromatic rings. The molecule has 5 heteroatoms. The van der Waals surface area contributed by atoms with Crippen LogP contribution in [0.5, 0.6) is 5.75 Å². The Morgan fingerprint density at radius 1 is 1.09 bits per heavy atom. The van der Waals surface area contributed by atoms with E-state index in [1.165, 1.54) is 19.3 Å². The molecule has 126 valence electrons. The van der Waals surface area contributed by atoms with Crippen molar-refractivity contribution in [3.63, 3.8) is 0 Å². The molecule has 0 saturated carbocycles. The number of ether oxygens (including phenoxy) is 2. The van der Waals surface area contributed by atoms with E-state index >= 15 is 0 Å². The standard InChI is InChI=1S/C18H24O4S/c1-12(2)8-16(11-15(5)21-6)23(19,20)17-9-13(3)18(22-7)14(4)10-17/h8-11H,1H2,2-7H3/b15-11-,16-8+. The predicted octanol–water partition coefficient (Wildman–Crippen LogP) is 4.10. The first-order valence-corrected chi connectivity index (χ1v) is 8.61. The zero-order valence-corrected chi connectivity index (χ0v) is 15.4. The highest BCUT2D eigenvalue weighted by Crippen LogP contribution is 2.30. The number of hydrogen-bond donors (Lipinski definition) is 0. The van der Waals surface area contributed by atoms with Crippen molar-refractivity contribution in [3.8, 4) is 5.75 Å². The van der Waals surface area contributed by atoms with Gasteiger partial charge in [0.15, 0.2) is 0 Å². The molecule has 0 radical (unpaired) electrons. The molecule has 0 spiro atoms. The lowest BCUT2D eigenvalue weighted by molar-refractivity contribution is 0.293. The molecule has 0 saturated heterocycles. The minimum Gasteiger partial charge on any atom is -0.501 e. The minimum atomic E-state index is -3.68. The third-order valence-corrected chi connectivity index (χ3v) is 5.03. The molecule has 0 aromatic heterocycles. The summed E-state index contributed by atoms with van der Waals surface area (Å²) in [5.41, 5.74) is 2.19. The van der Waals surface area contributed by atoms with Gasteiger partial charge in [-0.1, -0.05) is 12.2 Å². The fourth-order valence-electron chi connectivity index (χ4n) is 2.22. The van der Waals surface area contributed by atoms with Gasteiger partial charge in [-0.3, -0.25) is 0 Å². The van der Waals surface area contributed by atoms with Crippen LogP contribution in [0.2, 0.25) is 0 Å². The van der Waals surface area contributed by atoms with Crippen LogP contribution in [-0.2, 0) is 14.6 Å². The van der Waals surface area contributed by atoms with Crippen molar-refractivity contribution in [1.82, 2.24) is 0 Å². The van der Waals surface area contributed by atoms with Crippen LogP contribution in [0.15, 0.2) is 52.0 Å². The molecule has 23 heavy (non-hydrogen) atoms. The summed E-state index contributed by atoms with van der Waals surface area (Å²) in [5.74, 6) is 1.20. The Morgan fingerprint density at radius 3 is 2.00 bits per heavy atom.